The van der Waals surface area contributed by atoms with Gasteiger partial charge < -0.3 is 5.11 Å². The van der Waals surface area contributed by atoms with Crippen molar-refractivity contribution in [3.05, 3.63) is 34.8 Å². The third-order valence-corrected chi connectivity index (χ3v) is 2.86. The Bertz CT molecular complexity index is 595. The Labute approximate surface area is 107 Å². The number of aliphatic hydroxyl groups excluding tert-OH is 1. The normalized spacial score (nSPS) is 22.1. The van der Waals surface area contributed by atoms with Crippen LogP contribution in [0.4, 0.5) is 13.2 Å². The molecule has 19 heavy (non-hydrogen) atoms. The molecule has 0 aromatic heterocycles. The molecule has 0 amide bonds. The number of halogens is 3. The molecule has 1 N–H and O–H groups in total. The molecule has 0 saturated heterocycles. The second-order valence-corrected chi connectivity index (χ2v) is 4.45. The number of aliphatic imine (C=N–C) groups is 1. The van der Waals surface area contributed by atoms with E-state index in [4.69, 9.17) is 5.11 Å². The lowest BCUT2D eigenvalue weighted by Crippen LogP contribution is -2.39. The summed E-state index contributed by atoms with van der Waals surface area (Å²) >= 11 is 0. The highest BCUT2D eigenvalue weighted by molar-refractivity contribution is 5.73. The molecule has 2 rings (SSSR count). The van der Waals surface area contributed by atoms with E-state index < -0.39 is 18.1 Å². The molecule has 1 atom stereocenters. The molecule has 0 spiro atoms. The number of benzene rings is 1. The van der Waals surface area contributed by atoms with Gasteiger partial charge in [0.2, 0.25) is 0 Å². The maximum Gasteiger partial charge on any atom is 0.391 e. The maximum absolute atomic E-state index is 12.7. The fraction of sp³-hybridized carbons (Fsp3) is 0.385. The summed E-state index contributed by atoms with van der Waals surface area (Å²) in [5.74, 6) is 0. The van der Waals surface area contributed by atoms with Crippen molar-refractivity contribution < 1.29 is 18.3 Å². The lowest BCUT2D eigenvalue weighted by molar-refractivity contribution is -0.142. The Kier molecular flexibility index (Phi) is 3.71. The van der Waals surface area contributed by atoms with E-state index in [-0.39, 0.29) is 13.0 Å². The van der Waals surface area contributed by atoms with E-state index in [9.17, 15) is 13.2 Å². The van der Waals surface area contributed by atoms with E-state index >= 15 is 0 Å². The maximum atomic E-state index is 12.7. The Morgan fingerprint density at radius 3 is 2.63 bits per heavy atom. The third kappa shape index (κ3) is 3.41. The summed E-state index contributed by atoms with van der Waals surface area (Å²) in [6.07, 6.45) is -2.96. The van der Waals surface area contributed by atoms with Gasteiger partial charge in [-0.3, -0.25) is 9.98 Å². The van der Waals surface area contributed by atoms with Crippen molar-refractivity contribution in [1.29, 1.82) is 0 Å². The quantitative estimate of drug-likeness (QED) is 0.881. The minimum Gasteiger partial charge on any atom is -0.396 e. The number of hydrogen-bond acceptors (Lipinski definition) is 3. The van der Waals surface area contributed by atoms with Crippen molar-refractivity contribution in [3.63, 3.8) is 0 Å². The van der Waals surface area contributed by atoms with Crippen LogP contribution >= 0.6 is 0 Å². The molecule has 1 aromatic carbocycles. The van der Waals surface area contributed by atoms with Gasteiger partial charge in [0.15, 0.2) is 0 Å². The lowest BCUT2D eigenvalue weighted by Gasteiger charge is -2.25. The fourth-order valence-corrected chi connectivity index (χ4v) is 2.06. The first-order valence-electron chi connectivity index (χ1n) is 5.81. The molecular weight excluding hydrogens is 257 g/mol. The van der Waals surface area contributed by atoms with Crippen LogP contribution in [0, 0.1) is 0 Å². The molecule has 0 fully saturated rings. The first-order valence-corrected chi connectivity index (χ1v) is 5.81. The van der Waals surface area contributed by atoms with E-state index in [1.165, 1.54) is 12.4 Å². The molecule has 0 radical (unpaired) electrons. The van der Waals surface area contributed by atoms with E-state index in [2.05, 4.69) is 9.98 Å². The molecule has 1 aliphatic heterocycles. The highest BCUT2D eigenvalue weighted by Crippen LogP contribution is 2.31. The van der Waals surface area contributed by atoms with E-state index in [0.717, 1.165) is 0 Å². The minimum absolute atomic E-state index is 0.113. The topological polar surface area (TPSA) is 45.0 Å². The summed E-state index contributed by atoms with van der Waals surface area (Å²) in [5, 5.41) is 10.1. The fourth-order valence-electron chi connectivity index (χ4n) is 2.06. The van der Waals surface area contributed by atoms with Gasteiger partial charge in [-0.15, -0.1) is 0 Å². The van der Waals surface area contributed by atoms with Gasteiger partial charge >= 0.3 is 6.18 Å². The molecule has 0 saturated carbocycles. The second-order valence-electron chi connectivity index (χ2n) is 4.45. The standard InChI is InChI=1S/C13H13F3N2O/c14-13(15,16)8-12(5-6-19)9-17-7-10-3-1-2-4-11(10)18-12/h1-4,7,9,19H,5-6,8H2. The van der Waals surface area contributed by atoms with Gasteiger partial charge in [0, 0.05) is 30.7 Å². The first-order chi connectivity index (χ1) is 8.94. The van der Waals surface area contributed by atoms with Crippen LogP contribution in [0.15, 0.2) is 34.3 Å². The van der Waals surface area contributed by atoms with Gasteiger partial charge in [-0.1, -0.05) is 18.2 Å². The number of rotatable bonds is 3. The van der Waals surface area contributed by atoms with Crippen LogP contribution in [0.2, 0.25) is 0 Å². The number of hydrogen-bond donors (Lipinski definition) is 1. The Hall–Kier alpha value is -1.69. The summed E-state index contributed by atoms with van der Waals surface area (Å²) in [6.45, 7) is -0.381. The molecule has 6 heteroatoms. The summed E-state index contributed by atoms with van der Waals surface area (Å²) in [5.41, 5.74) is -1.53. The highest BCUT2D eigenvalue weighted by Gasteiger charge is 2.41. The first kappa shape index (κ1) is 13.7. The minimum atomic E-state index is -4.37. The lowest BCUT2D eigenvalue weighted by atomic mass is 9.93. The molecule has 102 valence electrons. The van der Waals surface area contributed by atoms with Gasteiger partial charge in [0.05, 0.1) is 11.8 Å². The van der Waals surface area contributed by atoms with Crippen LogP contribution in [-0.2, 0) is 0 Å². The van der Waals surface area contributed by atoms with Crippen molar-refractivity contribution >= 4 is 12.4 Å². The van der Waals surface area contributed by atoms with Crippen molar-refractivity contribution in [2.75, 3.05) is 6.61 Å². The molecule has 1 aromatic rings. The summed E-state index contributed by atoms with van der Waals surface area (Å²) in [6, 6.07) is 6.85. The highest BCUT2D eigenvalue weighted by atomic mass is 19.4. The van der Waals surface area contributed by atoms with E-state index in [1.54, 1.807) is 24.3 Å². The molecule has 1 unspecified atom stereocenters. The van der Waals surface area contributed by atoms with Crippen LogP contribution in [-0.4, -0.2) is 29.6 Å². The Balaban J connectivity index is 2.53. The van der Waals surface area contributed by atoms with E-state index in [0.29, 0.717) is 10.6 Å². The van der Waals surface area contributed by atoms with Gasteiger partial charge in [0.1, 0.15) is 5.54 Å². The number of fused-ring (bicyclic) bond motifs is 1. The smallest absolute Gasteiger partial charge is 0.391 e. The van der Waals surface area contributed by atoms with Crippen molar-refractivity contribution in [1.82, 2.24) is 0 Å². The van der Waals surface area contributed by atoms with Crippen molar-refractivity contribution in [3.8, 4) is 0 Å². The summed E-state index contributed by atoms with van der Waals surface area (Å²) in [4.78, 5) is 8.10. The van der Waals surface area contributed by atoms with Crippen LogP contribution in [0.25, 0.3) is 6.20 Å². The second kappa shape index (κ2) is 5.13. The van der Waals surface area contributed by atoms with Crippen LogP contribution in [0.1, 0.15) is 12.8 Å². The molecular formula is C13H13F3N2O. The average molecular weight is 270 g/mol. The third-order valence-electron chi connectivity index (χ3n) is 2.86. The van der Waals surface area contributed by atoms with E-state index in [1.807, 2.05) is 0 Å². The molecule has 0 aliphatic carbocycles. The molecule has 1 heterocycles. The number of aliphatic hydroxyl groups is 1. The summed E-state index contributed by atoms with van der Waals surface area (Å²) in [7, 11) is 0. The zero-order valence-electron chi connectivity index (χ0n) is 10.1. The van der Waals surface area contributed by atoms with Crippen LogP contribution in [0.5, 0.6) is 0 Å². The predicted molar refractivity (Wildman–Crippen MR) is 65.3 cm³/mol. The van der Waals surface area contributed by atoms with Gasteiger partial charge in [-0.05, 0) is 6.07 Å². The molecule has 1 aliphatic rings. The van der Waals surface area contributed by atoms with Crippen LogP contribution in [0.3, 0.4) is 0 Å². The number of nitrogens with zero attached hydrogens (tertiary/aromatic N) is 2. The van der Waals surface area contributed by atoms with Crippen molar-refractivity contribution in [2.45, 2.75) is 24.6 Å². The molecule has 0 bridgehead atoms. The van der Waals surface area contributed by atoms with Gasteiger partial charge in [-0.25, -0.2) is 0 Å². The average Bonchev–Trinajstić information content (AvgIpc) is 2.45. The van der Waals surface area contributed by atoms with Crippen LogP contribution < -0.4 is 10.6 Å². The van der Waals surface area contributed by atoms with Crippen molar-refractivity contribution in [2.24, 2.45) is 9.98 Å². The summed E-state index contributed by atoms with van der Waals surface area (Å²) < 4.78 is 38.1. The zero-order valence-corrected chi connectivity index (χ0v) is 10.1. The monoisotopic (exact) mass is 270 g/mol. The number of para-hydroxylation sites is 1. The van der Waals surface area contributed by atoms with Gasteiger partial charge in [0.25, 0.3) is 0 Å². The number of alkyl halides is 3. The molecule has 3 nitrogen and oxygen atoms in total. The Morgan fingerprint density at radius 1 is 1.21 bits per heavy atom. The Morgan fingerprint density at radius 2 is 1.95 bits per heavy atom. The largest absolute Gasteiger partial charge is 0.396 e. The SMILES string of the molecule is OCCC1(CC(F)(F)F)C=NC=c2ccccc2=N1. The zero-order chi connectivity index (χ0) is 13.9. The predicted octanol–water partition coefficient (Wildman–Crippen LogP) is 1.20. The van der Waals surface area contributed by atoms with Gasteiger partial charge in [-0.2, -0.15) is 13.2 Å².